The van der Waals surface area contributed by atoms with Crippen LogP contribution in [0.15, 0.2) is 22.7 Å². The fourth-order valence-corrected chi connectivity index (χ4v) is 2.54. The standard InChI is InChI=1S/C16H17Cl2N3O4/c1-9-19-14(25-21-9)5-3-4-13(22)20-16(2,15(23)24)10-6-7-11(17)12(18)8-10/h6-8H,3-5H2,1-2H3,(H,20,22)(H,23,24). The van der Waals surface area contributed by atoms with E-state index < -0.39 is 17.4 Å². The van der Waals surface area contributed by atoms with E-state index in [9.17, 15) is 14.7 Å². The van der Waals surface area contributed by atoms with E-state index in [4.69, 9.17) is 27.7 Å². The number of amides is 1. The van der Waals surface area contributed by atoms with Crippen molar-refractivity contribution in [1.29, 1.82) is 0 Å². The molecule has 0 bridgehead atoms. The molecule has 134 valence electrons. The number of carbonyl (C=O) groups is 2. The van der Waals surface area contributed by atoms with Gasteiger partial charge in [0.05, 0.1) is 10.0 Å². The molecule has 25 heavy (non-hydrogen) atoms. The second kappa shape index (κ2) is 7.84. The number of carboxylic acids is 1. The van der Waals surface area contributed by atoms with Crippen molar-refractivity contribution >= 4 is 35.1 Å². The maximum atomic E-state index is 12.2. The summed E-state index contributed by atoms with van der Waals surface area (Å²) in [7, 11) is 0. The third-order valence-electron chi connectivity index (χ3n) is 3.68. The lowest BCUT2D eigenvalue weighted by atomic mass is 9.91. The van der Waals surface area contributed by atoms with E-state index in [-0.39, 0.29) is 11.4 Å². The van der Waals surface area contributed by atoms with Crippen molar-refractivity contribution in [2.75, 3.05) is 0 Å². The number of hydrogen-bond acceptors (Lipinski definition) is 5. The lowest BCUT2D eigenvalue weighted by Crippen LogP contribution is -2.49. The number of aryl methyl sites for hydroxylation is 2. The topological polar surface area (TPSA) is 105 Å². The molecule has 2 aromatic rings. The number of aliphatic carboxylic acids is 1. The quantitative estimate of drug-likeness (QED) is 0.758. The Labute approximate surface area is 154 Å². The zero-order valence-electron chi connectivity index (χ0n) is 13.7. The average molecular weight is 386 g/mol. The number of nitrogens with zero attached hydrogens (tertiary/aromatic N) is 2. The summed E-state index contributed by atoms with van der Waals surface area (Å²) in [6, 6.07) is 4.44. The highest BCUT2D eigenvalue weighted by Crippen LogP contribution is 2.29. The van der Waals surface area contributed by atoms with Crippen molar-refractivity contribution in [3.05, 3.63) is 45.5 Å². The number of benzene rings is 1. The molecular weight excluding hydrogens is 369 g/mol. The van der Waals surface area contributed by atoms with Gasteiger partial charge in [0.1, 0.15) is 0 Å². The fourth-order valence-electron chi connectivity index (χ4n) is 2.24. The van der Waals surface area contributed by atoms with E-state index in [1.807, 2.05) is 0 Å². The minimum absolute atomic E-state index is 0.117. The molecule has 0 fully saturated rings. The third-order valence-corrected chi connectivity index (χ3v) is 4.42. The van der Waals surface area contributed by atoms with Gasteiger partial charge in [0.2, 0.25) is 11.8 Å². The Balaban J connectivity index is 2.03. The number of halogens is 2. The molecular formula is C16H17Cl2N3O4. The number of hydrogen-bond donors (Lipinski definition) is 2. The van der Waals surface area contributed by atoms with E-state index in [1.165, 1.54) is 25.1 Å². The summed E-state index contributed by atoms with van der Waals surface area (Å²) >= 11 is 11.8. The average Bonchev–Trinajstić information content (AvgIpc) is 2.95. The first-order chi connectivity index (χ1) is 11.7. The molecule has 1 aromatic carbocycles. The normalized spacial score (nSPS) is 13.3. The summed E-state index contributed by atoms with van der Waals surface area (Å²) in [5, 5.41) is 16.3. The number of rotatable bonds is 7. The lowest BCUT2D eigenvalue weighted by Gasteiger charge is -2.27. The molecule has 9 heteroatoms. The summed E-state index contributed by atoms with van der Waals surface area (Å²) in [4.78, 5) is 28.0. The van der Waals surface area contributed by atoms with Gasteiger partial charge in [0, 0.05) is 12.8 Å². The Bertz CT molecular complexity index is 793. The second-order valence-corrected chi connectivity index (χ2v) is 6.51. The molecule has 0 aliphatic carbocycles. The summed E-state index contributed by atoms with van der Waals surface area (Å²) in [5.41, 5.74) is -1.29. The first kappa shape index (κ1) is 19.2. The Morgan fingerprint density at radius 2 is 2.04 bits per heavy atom. The molecule has 0 spiro atoms. The molecule has 1 amide bonds. The molecule has 1 atom stereocenters. The van der Waals surface area contributed by atoms with Gasteiger partial charge in [-0.25, -0.2) is 4.79 Å². The van der Waals surface area contributed by atoms with Crippen molar-refractivity contribution in [1.82, 2.24) is 15.5 Å². The molecule has 7 nitrogen and oxygen atoms in total. The van der Waals surface area contributed by atoms with Crippen LogP contribution in [0.4, 0.5) is 0 Å². The SMILES string of the molecule is Cc1noc(CCCC(=O)NC(C)(C(=O)O)c2ccc(Cl)c(Cl)c2)n1. The Hall–Kier alpha value is -2.12. The van der Waals surface area contributed by atoms with E-state index in [1.54, 1.807) is 6.92 Å². The van der Waals surface area contributed by atoms with Crippen molar-refractivity contribution in [2.45, 2.75) is 38.6 Å². The Morgan fingerprint density at radius 1 is 1.32 bits per heavy atom. The van der Waals surface area contributed by atoms with Crippen LogP contribution in [0.3, 0.4) is 0 Å². The van der Waals surface area contributed by atoms with Gasteiger partial charge in [-0.1, -0.05) is 34.4 Å². The maximum Gasteiger partial charge on any atom is 0.333 e. The minimum atomic E-state index is -1.62. The van der Waals surface area contributed by atoms with Gasteiger partial charge >= 0.3 is 5.97 Å². The Kier molecular flexibility index (Phi) is 6.02. The summed E-state index contributed by atoms with van der Waals surface area (Å²) in [6.45, 7) is 3.10. The molecule has 0 saturated carbocycles. The van der Waals surface area contributed by atoms with Crippen molar-refractivity contribution in [2.24, 2.45) is 0 Å². The van der Waals surface area contributed by atoms with Crippen LogP contribution in [-0.2, 0) is 21.5 Å². The highest BCUT2D eigenvalue weighted by Gasteiger charge is 2.37. The molecule has 1 aromatic heterocycles. The first-order valence-electron chi connectivity index (χ1n) is 7.51. The van der Waals surface area contributed by atoms with Crippen molar-refractivity contribution in [3.63, 3.8) is 0 Å². The highest BCUT2D eigenvalue weighted by molar-refractivity contribution is 6.42. The van der Waals surface area contributed by atoms with E-state index in [0.717, 1.165) is 0 Å². The van der Waals surface area contributed by atoms with Gasteiger partial charge in [-0.3, -0.25) is 4.79 Å². The van der Waals surface area contributed by atoms with Gasteiger partial charge in [0.25, 0.3) is 0 Å². The Morgan fingerprint density at radius 3 is 2.60 bits per heavy atom. The van der Waals surface area contributed by atoms with Gasteiger partial charge in [-0.05, 0) is 38.0 Å². The minimum Gasteiger partial charge on any atom is -0.479 e. The van der Waals surface area contributed by atoms with Crippen LogP contribution < -0.4 is 5.32 Å². The molecule has 1 unspecified atom stereocenters. The van der Waals surface area contributed by atoms with Crippen molar-refractivity contribution in [3.8, 4) is 0 Å². The molecule has 0 saturated heterocycles. The predicted molar refractivity (Wildman–Crippen MR) is 91.6 cm³/mol. The predicted octanol–water partition coefficient (Wildman–Crippen LogP) is 3.12. The van der Waals surface area contributed by atoms with Crippen molar-refractivity contribution < 1.29 is 19.2 Å². The van der Waals surface area contributed by atoms with Gasteiger partial charge in [-0.15, -0.1) is 0 Å². The van der Waals surface area contributed by atoms with Crippen LogP contribution in [0, 0.1) is 6.92 Å². The smallest absolute Gasteiger partial charge is 0.333 e. The molecule has 2 rings (SSSR count). The number of carboxylic acid groups (broad SMARTS) is 1. The van der Waals surface area contributed by atoms with E-state index in [2.05, 4.69) is 15.5 Å². The third kappa shape index (κ3) is 4.70. The molecule has 0 aliphatic rings. The van der Waals surface area contributed by atoms with Crippen LogP contribution in [0.1, 0.15) is 37.0 Å². The lowest BCUT2D eigenvalue weighted by molar-refractivity contribution is -0.147. The number of aromatic nitrogens is 2. The first-order valence-corrected chi connectivity index (χ1v) is 8.27. The van der Waals surface area contributed by atoms with Crippen LogP contribution in [-0.4, -0.2) is 27.1 Å². The van der Waals surface area contributed by atoms with E-state index in [0.29, 0.717) is 35.1 Å². The summed E-state index contributed by atoms with van der Waals surface area (Å²) < 4.78 is 4.96. The van der Waals surface area contributed by atoms with Crippen LogP contribution >= 0.6 is 23.2 Å². The van der Waals surface area contributed by atoms with E-state index >= 15 is 0 Å². The second-order valence-electron chi connectivity index (χ2n) is 5.70. The van der Waals surface area contributed by atoms with Gasteiger partial charge in [0.15, 0.2) is 11.4 Å². The van der Waals surface area contributed by atoms with Crippen LogP contribution in [0.25, 0.3) is 0 Å². The summed E-state index contributed by atoms with van der Waals surface area (Å²) in [5.74, 6) is -0.646. The van der Waals surface area contributed by atoms with Crippen LogP contribution in [0.5, 0.6) is 0 Å². The summed E-state index contributed by atoms with van der Waals surface area (Å²) in [6.07, 6.45) is 1.00. The monoisotopic (exact) mass is 385 g/mol. The number of carbonyl (C=O) groups excluding carboxylic acids is 1. The molecule has 0 radical (unpaired) electrons. The largest absolute Gasteiger partial charge is 0.479 e. The molecule has 1 heterocycles. The number of nitrogens with one attached hydrogen (secondary N) is 1. The maximum absolute atomic E-state index is 12.2. The zero-order chi connectivity index (χ0) is 18.6. The van der Waals surface area contributed by atoms with Crippen LogP contribution in [0.2, 0.25) is 10.0 Å². The fraction of sp³-hybridized carbons (Fsp3) is 0.375. The zero-order valence-corrected chi connectivity index (χ0v) is 15.2. The van der Waals surface area contributed by atoms with Gasteiger partial charge in [-0.2, -0.15) is 4.98 Å². The molecule has 2 N–H and O–H groups in total. The molecule has 0 aliphatic heterocycles. The highest BCUT2D eigenvalue weighted by atomic mass is 35.5. The van der Waals surface area contributed by atoms with Gasteiger partial charge < -0.3 is 14.9 Å².